The summed E-state index contributed by atoms with van der Waals surface area (Å²) in [4.78, 5) is 17.3. The predicted molar refractivity (Wildman–Crippen MR) is 92.1 cm³/mol. The van der Waals surface area contributed by atoms with E-state index in [0.717, 1.165) is 11.3 Å². The number of nitrogens with one attached hydrogen (secondary N) is 1. The zero-order valence-electron chi connectivity index (χ0n) is 13.9. The van der Waals surface area contributed by atoms with Crippen molar-refractivity contribution in [1.29, 1.82) is 0 Å². The Morgan fingerprint density at radius 1 is 1.17 bits per heavy atom. The molecule has 0 saturated heterocycles. The Morgan fingerprint density at radius 3 is 2.67 bits per heavy atom. The molecule has 0 aliphatic heterocycles. The molecule has 0 saturated carbocycles. The number of amides is 1. The molecule has 0 aliphatic carbocycles. The molecule has 0 fully saturated rings. The number of hydrogen-bond acceptors (Lipinski definition) is 4. The van der Waals surface area contributed by atoms with Crippen LogP contribution in [-0.2, 0) is 6.42 Å². The van der Waals surface area contributed by atoms with Crippen molar-refractivity contribution in [3.63, 3.8) is 0 Å². The number of carbonyl (C=O) groups excluding carboxylic acids is 1. The maximum Gasteiger partial charge on any atom is 0.274 e. The summed E-state index contributed by atoms with van der Waals surface area (Å²) in [7, 11) is 3.13. The van der Waals surface area contributed by atoms with Crippen LogP contribution in [0.3, 0.4) is 0 Å². The van der Waals surface area contributed by atoms with Gasteiger partial charge in [0.15, 0.2) is 11.5 Å². The standard InChI is InChI=1S/C18H19N3O3/c1-4-13-17(21-10-6-5-7-16(21)20-13)18(22)19-12-8-9-14(23-2)15(11-12)24-3/h5-11H,4H2,1-3H3,(H,19,22). The monoisotopic (exact) mass is 325 g/mol. The van der Waals surface area contributed by atoms with E-state index >= 15 is 0 Å². The lowest BCUT2D eigenvalue weighted by Crippen LogP contribution is -2.16. The van der Waals surface area contributed by atoms with Gasteiger partial charge in [-0.3, -0.25) is 9.20 Å². The third-order valence-corrected chi connectivity index (χ3v) is 3.79. The lowest BCUT2D eigenvalue weighted by atomic mass is 10.2. The van der Waals surface area contributed by atoms with Crippen molar-refractivity contribution in [2.45, 2.75) is 13.3 Å². The van der Waals surface area contributed by atoms with Crippen molar-refractivity contribution in [1.82, 2.24) is 9.38 Å². The molecule has 0 atom stereocenters. The van der Waals surface area contributed by atoms with Crippen LogP contribution >= 0.6 is 0 Å². The first-order chi connectivity index (χ1) is 11.7. The third-order valence-electron chi connectivity index (χ3n) is 3.79. The van der Waals surface area contributed by atoms with Gasteiger partial charge in [-0.25, -0.2) is 4.98 Å². The van der Waals surface area contributed by atoms with Gasteiger partial charge in [-0.2, -0.15) is 0 Å². The Kier molecular flexibility index (Phi) is 4.37. The maximum absolute atomic E-state index is 12.8. The number of pyridine rings is 1. The molecule has 0 bridgehead atoms. The second-order valence-electron chi connectivity index (χ2n) is 5.21. The molecule has 2 heterocycles. The van der Waals surface area contributed by atoms with Crippen molar-refractivity contribution >= 4 is 17.2 Å². The molecule has 0 spiro atoms. The van der Waals surface area contributed by atoms with E-state index in [1.165, 1.54) is 0 Å². The molecule has 3 rings (SSSR count). The van der Waals surface area contributed by atoms with Crippen LogP contribution in [0.25, 0.3) is 5.65 Å². The number of benzene rings is 1. The minimum atomic E-state index is -0.210. The molecule has 2 aromatic heterocycles. The smallest absolute Gasteiger partial charge is 0.274 e. The number of anilines is 1. The minimum Gasteiger partial charge on any atom is -0.493 e. The van der Waals surface area contributed by atoms with E-state index in [-0.39, 0.29) is 5.91 Å². The summed E-state index contributed by atoms with van der Waals surface area (Å²) < 4.78 is 12.3. The summed E-state index contributed by atoms with van der Waals surface area (Å²) in [5, 5.41) is 2.90. The third kappa shape index (κ3) is 2.78. The van der Waals surface area contributed by atoms with Gasteiger partial charge in [0.2, 0.25) is 0 Å². The van der Waals surface area contributed by atoms with Gasteiger partial charge in [0.25, 0.3) is 5.91 Å². The molecular formula is C18H19N3O3. The van der Waals surface area contributed by atoms with Crippen LogP contribution in [0.1, 0.15) is 23.1 Å². The highest BCUT2D eigenvalue weighted by Gasteiger charge is 2.18. The molecule has 6 nitrogen and oxygen atoms in total. The number of methoxy groups -OCH3 is 2. The fourth-order valence-electron chi connectivity index (χ4n) is 2.64. The van der Waals surface area contributed by atoms with Crippen molar-refractivity contribution in [3.05, 3.63) is 54.0 Å². The number of nitrogens with zero attached hydrogens (tertiary/aromatic N) is 2. The Bertz CT molecular complexity index is 886. The summed E-state index contributed by atoms with van der Waals surface area (Å²) in [6.45, 7) is 1.98. The quantitative estimate of drug-likeness (QED) is 0.782. The van der Waals surface area contributed by atoms with Gasteiger partial charge in [0.05, 0.1) is 19.9 Å². The molecule has 6 heteroatoms. The normalized spacial score (nSPS) is 10.6. The minimum absolute atomic E-state index is 0.210. The Labute approximate surface area is 140 Å². The van der Waals surface area contributed by atoms with Crippen LogP contribution < -0.4 is 14.8 Å². The van der Waals surface area contributed by atoms with E-state index in [4.69, 9.17) is 9.47 Å². The number of fused-ring (bicyclic) bond motifs is 1. The second-order valence-corrected chi connectivity index (χ2v) is 5.21. The molecule has 124 valence electrons. The van der Waals surface area contributed by atoms with E-state index in [0.29, 0.717) is 29.3 Å². The first-order valence-corrected chi connectivity index (χ1v) is 7.67. The molecule has 1 amide bonds. The maximum atomic E-state index is 12.8. The van der Waals surface area contributed by atoms with Crippen LogP contribution in [0.5, 0.6) is 11.5 Å². The summed E-state index contributed by atoms with van der Waals surface area (Å²) >= 11 is 0. The molecule has 24 heavy (non-hydrogen) atoms. The Morgan fingerprint density at radius 2 is 1.96 bits per heavy atom. The van der Waals surface area contributed by atoms with Crippen molar-refractivity contribution in [2.75, 3.05) is 19.5 Å². The number of imidazole rings is 1. The zero-order chi connectivity index (χ0) is 17.1. The van der Waals surface area contributed by atoms with Crippen LogP contribution in [-0.4, -0.2) is 29.5 Å². The number of carbonyl (C=O) groups is 1. The fraction of sp³-hybridized carbons (Fsp3) is 0.222. The van der Waals surface area contributed by atoms with Crippen LogP contribution in [0, 0.1) is 0 Å². The average Bonchev–Trinajstić information content (AvgIpc) is 3.00. The van der Waals surface area contributed by atoms with Crippen molar-refractivity contribution in [3.8, 4) is 11.5 Å². The predicted octanol–water partition coefficient (Wildman–Crippen LogP) is 3.17. The molecular weight excluding hydrogens is 306 g/mol. The van der Waals surface area contributed by atoms with E-state index < -0.39 is 0 Å². The van der Waals surface area contributed by atoms with Gasteiger partial charge < -0.3 is 14.8 Å². The van der Waals surface area contributed by atoms with Crippen LogP contribution in [0.4, 0.5) is 5.69 Å². The number of hydrogen-bond donors (Lipinski definition) is 1. The van der Waals surface area contributed by atoms with Crippen LogP contribution in [0.15, 0.2) is 42.6 Å². The van der Waals surface area contributed by atoms with Crippen LogP contribution in [0.2, 0.25) is 0 Å². The van der Waals surface area contributed by atoms with E-state index in [1.807, 2.05) is 31.3 Å². The highest BCUT2D eigenvalue weighted by atomic mass is 16.5. The van der Waals surface area contributed by atoms with Gasteiger partial charge in [0, 0.05) is 18.0 Å². The summed E-state index contributed by atoms with van der Waals surface area (Å²) in [6, 6.07) is 10.9. The molecule has 1 aromatic carbocycles. The molecule has 0 radical (unpaired) electrons. The summed E-state index contributed by atoms with van der Waals surface area (Å²) in [6.07, 6.45) is 2.52. The zero-order valence-corrected chi connectivity index (χ0v) is 13.9. The first-order valence-electron chi connectivity index (χ1n) is 7.67. The summed E-state index contributed by atoms with van der Waals surface area (Å²) in [5.74, 6) is 0.960. The first kappa shape index (κ1) is 15.9. The van der Waals surface area contributed by atoms with E-state index in [9.17, 15) is 4.79 Å². The second kappa shape index (κ2) is 6.62. The lowest BCUT2D eigenvalue weighted by Gasteiger charge is -2.11. The largest absolute Gasteiger partial charge is 0.493 e. The Balaban J connectivity index is 1.96. The number of rotatable bonds is 5. The molecule has 0 aliphatic rings. The fourth-order valence-corrected chi connectivity index (χ4v) is 2.64. The molecule has 1 N–H and O–H groups in total. The van der Waals surface area contributed by atoms with Gasteiger partial charge >= 0.3 is 0 Å². The van der Waals surface area contributed by atoms with Gasteiger partial charge in [-0.15, -0.1) is 0 Å². The Hall–Kier alpha value is -3.02. The SMILES string of the molecule is CCc1nc2ccccn2c1C(=O)Nc1ccc(OC)c(OC)c1. The van der Waals surface area contributed by atoms with Gasteiger partial charge in [0.1, 0.15) is 11.3 Å². The number of aromatic nitrogens is 2. The average molecular weight is 325 g/mol. The van der Waals surface area contributed by atoms with Gasteiger partial charge in [-0.1, -0.05) is 13.0 Å². The highest BCUT2D eigenvalue weighted by molar-refractivity contribution is 6.04. The topological polar surface area (TPSA) is 64.9 Å². The number of ether oxygens (including phenoxy) is 2. The number of aryl methyl sites for hydroxylation is 1. The van der Waals surface area contributed by atoms with Crippen molar-refractivity contribution in [2.24, 2.45) is 0 Å². The molecule has 0 unspecified atom stereocenters. The van der Waals surface area contributed by atoms with Gasteiger partial charge in [-0.05, 0) is 30.7 Å². The lowest BCUT2D eigenvalue weighted by molar-refractivity contribution is 0.102. The van der Waals surface area contributed by atoms with E-state index in [2.05, 4.69) is 10.3 Å². The molecule has 3 aromatic rings. The summed E-state index contributed by atoms with van der Waals surface area (Å²) in [5.41, 5.74) is 2.69. The van der Waals surface area contributed by atoms with E-state index in [1.54, 1.807) is 36.8 Å². The van der Waals surface area contributed by atoms with Crippen molar-refractivity contribution < 1.29 is 14.3 Å². The highest BCUT2D eigenvalue weighted by Crippen LogP contribution is 2.30.